The molecule has 0 aliphatic rings. The van der Waals surface area contributed by atoms with Crippen LogP contribution in [0.4, 0.5) is 0 Å². The lowest BCUT2D eigenvalue weighted by Gasteiger charge is -2.14. The van der Waals surface area contributed by atoms with Crippen molar-refractivity contribution in [1.29, 1.82) is 0 Å². The minimum absolute atomic E-state index is 0.757. The van der Waals surface area contributed by atoms with Crippen LogP contribution in [0.25, 0.3) is 0 Å². The van der Waals surface area contributed by atoms with Crippen molar-refractivity contribution in [1.82, 2.24) is 0 Å². The summed E-state index contributed by atoms with van der Waals surface area (Å²) in [7, 11) is 0. The van der Waals surface area contributed by atoms with Gasteiger partial charge in [-0.25, -0.2) is 0 Å². The maximum atomic E-state index is 3.90. The van der Waals surface area contributed by atoms with Gasteiger partial charge in [-0.3, -0.25) is 0 Å². The standard InChI is InChI=1S/C21H38/c1-4-7-9-11-13-15-17-19-21(6-3)20-18-16-14-12-10-8-5-2/h21H,1-2,4-7,9,11-20H2,3H3. The largest absolute Gasteiger partial charge is 0.103 e. The van der Waals surface area contributed by atoms with Crippen LogP contribution < -0.4 is 0 Å². The molecule has 0 saturated carbocycles. The lowest BCUT2D eigenvalue weighted by Crippen LogP contribution is -1.99. The molecule has 0 spiro atoms. The van der Waals surface area contributed by atoms with E-state index in [-0.39, 0.29) is 0 Å². The lowest BCUT2D eigenvalue weighted by molar-refractivity contribution is 0.395. The van der Waals surface area contributed by atoms with E-state index in [1.54, 1.807) is 0 Å². The zero-order valence-corrected chi connectivity index (χ0v) is 14.6. The van der Waals surface area contributed by atoms with Gasteiger partial charge in [0.1, 0.15) is 0 Å². The van der Waals surface area contributed by atoms with Gasteiger partial charge in [-0.15, -0.1) is 11.8 Å². The third-order valence-corrected chi connectivity index (χ3v) is 4.35. The van der Waals surface area contributed by atoms with Crippen molar-refractivity contribution in [2.24, 2.45) is 5.92 Å². The van der Waals surface area contributed by atoms with Crippen molar-refractivity contribution in [2.45, 2.75) is 103 Å². The predicted octanol–water partition coefficient (Wildman–Crippen LogP) is 7.15. The highest BCUT2D eigenvalue weighted by Crippen LogP contribution is 2.21. The predicted molar refractivity (Wildman–Crippen MR) is 96.9 cm³/mol. The molecule has 0 rings (SSSR count). The van der Waals surface area contributed by atoms with Gasteiger partial charge >= 0.3 is 0 Å². The molecular formula is C21H38. The highest BCUT2D eigenvalue weighted by Gasteiger charge is 2.05. The topological polar surface area (TPSA) is 0 Å². The molecule has 0 heteroatoms. The van der Waals surface area contributed by atoms with Crippen LogP contribution in [0, 0.1) is 31.6 Å². The summed E-state index contributed by atoms with van der Waals surface area (Å²) in [4.78, 5) is 0. The van der Waals surface area contributed by atoms with Crippen LogP contribution in [-0.4, -0.2) is 0 Å². The Morgan fingerprint density at radius 1 is 0.714 bits per heavy atom. The molecule has 0 N–H and O–H groups in total. The fourth-order valence-corrected chi connectivity index (χ4v) is 2.87. The molecule has 0 fully saturated rings. The molecule has 2 radical (unpaired) electrons. The normalized spacial score (nSPS) is 12.0. The average molecular weight is 291 g/mol. The molecule has 0 amide bonds. The molecule has 21 heavy (non-hydrogen) atoms. The van der Waals surface area contributed by atoms with Crippen molar-refractivity contribution in [3.8, 4) is 11.8 Å². The molecule has 1 atom stereocenters. The van der Waals surface area contributed by atoms with E-state index >= 15 is 0 Å². The molecule has 0 aliphatic carbocycles. The second-order valence-corrected chi connectivity index (χ2v) is 6.24. The Bertz CT molecular complexity index is 242. The molecule has 0 aromatic rings. The quantitative estimate of drug-likeness (QED) is 0.235. The Hall–Kier alpha value is -0.440. The molecule has 0 nitrogen and oxygen atoms in total. The summed E-state index contributed by atoms with van der Waals surface area (Å²) in [5, 5.41) is 0. The number of hydrogen-bond donors (Lipinski definition) is 0. The molecule has 0 saturated heterocycles. The van der Waals surface area contributed by atoms with Crippen LogP contribution in [-0.2, 0) is 0 Å². The van der Waals surface area contributed by atoms with Gasteiger partial charge in [-0.05, 0) is 19.3 Å². The summed E-state index contributed by atoms with van der Waals surface area (Å²) < 4.78 is 0. The summed E-state index contributed by atoms with van der Waals surface area (Å²) >= 11 is 0. The summed E-state index contributed by atoms with van der Waals surface area (Å²) in [6, 6.07) is 0. The maximum absolute atomic E-state index is 3.90. The Morgan fingerprint density at radius 3 is 1.86 bits per heavy atom. The molecule has 122 valence electrons. The van der Waals surface area contributed by atoms with Crippen LogP contribution in [0.15, 0.2) is 0 Å². The molecule has 0 bridgehead atoms. The highest BCUT2D eigenvalue weighted by molar-refractivity contribution is 4.98. The number of hydrogen-bond acceptors (Lipinski definition) is 0. The van der Waals surface area contributed by atoms with Crippen molar-refractivity contribution in [3.63, 3.8) is 0 Å². The van der Waals surface area contributed by atoms with Gasteiger partial charge in [0.25, 0.3) is 0 Å². The van der Waals surface area contributed by atoms with Gasteiger partial charge in [0.2, 0.25) is 0 Å². The van der Waals surface area contributed by atoms with E-state index in [0.29, 0.717) is 0 Å². The molecule has 0 aromatic carbocycles. The van der Waals surface area contributed by atoms with Gasteiger partial charge in [0, 0.05) is 12.8 Å². The second kappa shape index (κ2) is 17.6. The summed E-state index contributed by atoms with van der Waals surface area (Å²) in [6.07, 6.45) is 19.6. The van der Waals surface area contributed by atoms with E-state index in [2.05, 4.69) is 32.6 Å². The molecule has 0 aliphatic heterocycles. The van der Waals surface area contributed by atoms with Gasteiger partial charge < -0.3 is 0 Å². The first-order valence-electron chi connectivity index (χ1n) is 9.39. The van der Waals surface area contributed by atoms with E-state index < -0.39 is 0 Å². The Labute approximate surface area is 135 Å². The van der Waals surface area contributed by atoms with Gasteiger partial charge in [-0.2, -0.15) is 0 Å². The summed E-state index contributed by atoms with van der Waals surface area (Å²) in [6.45, 7) is 9.99. The summed E-state index contributed by atoms with van der Waals surface area (Å²) in [5.74, 6) is 7.20. The first-order valence-corrected chi connectivity index (χ1v) is 9.39. The number of unbranched alkanes of at least 4 members (excludes halogenated alkanes) is 9. The van der Waals surface area contributed by atoms with Crippen molar-refractivity contribution < 1.29 is 0 Å². The fraction of sp³-hybridized carbons (Fsp3) is 0.810. The molecule has 0 aromatic heterocycles. The van der Waals surface area contributed by atoms with Crippen LogP contribution in [0.1, 0.15) is 103 Å². The zero-order valence-electron chi connectivity index (χ0n) is 14.6. The van der Waals surface area contributed by atoms with E-state index in [4.69, 9.17) is 0 Å². The molecule has 0 heterocycles. The fourth-order valence-electron chi connectivity index (χ4n) is 2.87. The van der Waals surface area contributed by atoms with Crippen LogP contribution in [0.2, 0.25) is 0 Å². The average Bonchev–Trinajstić information content (AvgIpc) is 2.51. The zero-order chi connectivity index (χ0) is 15.6. The van der Waals surface area contributed by atoms with Crippen LogP contribution >= 0.6 is 0 Å². The van der Waals surface area contributed by atoms with E-state index in [9.17, 15) is 0 Å². The highest BCUT2D eigenvalue weighted by atomic mass is 14.1. The smallest absolute Gasteiger partial charge is 0.00890 e. The minimum atomic E-state index is 0.757. The third-order valence-electron chi connectivity index (χ3n) is 4.35. The lowest BCUT2D eigenvalue weighted by atomic mass is 9.92. The minimum Gasteiger partial charge on any atom is -0.103 e. The maximum Gasteiger partial charge on any atom is 0.00890 e. The monoisotopic (exact) mass is 290 g/mol. The molecule has 1 unspecified atom stereocenters. The van der Waals surface area contributed by atoms with Crippen molar-refractivity contribution in [3.05, 3.63) is 13.8 Å². The van der Waals surface area contributed by atoms with Crippen LogP contribution in [0.3, 0.4) is 0 Å². The van der Waals surface area contributed by atoms with E-state index in [1.165, 1.54) is 77.0 Å². The van der Waals surface area contributed by atoms with Gasteiger partial charge in [-0.1, -0.05) is 90.9 Å². The van der Waals surface area contributed by atoms with Gasteiger partial charge in [0.05, 0.1) is 0 Å². The Balaban J connectivity index is 3.37. The van der Waals surface area contributed by atoms with Gasteiger partial charge in [0.15, 0.2) is 0 Å². The van der Waals surface area contributed by atoms with Crippen LogP contribution in [0.5, 0.6) is 0 Å². The number of rotatable bonds is 14. The first-order chi connectivity index (χ1) is 10.3. The SMILES string of the molecule is [CH2]CC#CCCCCCC(CC)CCCCCCCC[CH2]. The second-order valence-electron chi connectivity index (χ2n) is 6.24. The van der Waals surface area contributed by atoms with E-state index in [0.717, 1.165) is 25.2 Å². The first kappa shape index (κ1) is 20.6. The Morgan fingerprint density at radius 2 is 1.29 bits per heavy atom. The van der Waals surface area contributed by atoms with E-state index in [1.807, 2.05) is 0 Å². The molecular weight excluding hydrogens is 252 g/mol. The summed E-state index contributed by atoms with van der Waals surface area (Å²) in [5.41, 5.74) is 0. The third kappa shape index (κ3) is 15.8. The van der Waals surface area contributed by atoms with Crippen molar-refractivity contribution >= 4 is 0 Å². The Kier molecular flexibility index (Phi) is 17.2. The van der Waals surface area contributed by atoms with Crippen molar-refractivity contribution in [2.75, 3.05) is 0 Å².